The number of rotatable bonds is 6. The molecule has 2 aromatic rings. The van der Waals surface area contributed by atoms with Gasteiger partial charge in [0.2, 0.25) is 5.91 Å². The molecule has 0 bridgehead atoms. The van der Waals surface area contributed by atoms with Crippen molar-refractivity contribution in [3.8, 4) is 5.75 Å². The van der Waals surface area contributed by atoms with Crippen LogP contribution in [0.4, 0.5) is 0 Å². The third kappa shape index (κ3) is 4.83. The molecular weight excluding hydrogens is 300 g/mol. The smallest absolute Gasteiger partial charge is 0.222 e. The molecule has 1 aliphatic rings. The van der Waals surface area contributed by atoms with Gasteiger partial charge in [-0.15, -0.1) is 0 Å². The van der Waals surface area contributed by atoms with Gasteiger partial charge in [0.15, 0.2) is 0 Å². The molecular formula is C20H24N2O2. The Bertz CT molecular complexity index is 634. The monoisotopic (exact) mass is 324 g/mol. The van der Waals surface area contributed by atoms with E-state index in [0.29, 0.717) is 13.0 Å². The van der Waals surface area contributed by atoms with Gasteiger partial charge in [-0.2, -0.15) is 0 Å². The second-order valence-corrected chi connectivity index (χ2v) is 6.05. The van der Waals surface area contributed by atoms with E-state index >= 15 is 0 Å². The van der Waals surface area contributed by atoms with E-state index in [9.17, 15) is 4.79 Å². The molecule has 126 valence electrons. The molecule has 0 radical (unpaired) electrons. The molecule has 1 N–H and O–H groups in total. The summed E-state index contributed by atoms with van der Waals surface area (Å²) < 4.78 is 5.79. The highest BCUT2D eigenvalue weighted by molar-refractivity contribution is 5.76. The molecule has 0 aliphatic carbocycles. The Morgan fingerprint density at radius 1 is 0.958 bits per heavy atom. The van der Waals surface area contributed by atoms with Crippen molar-refractivity contribution < 1.29 is 9.53 Å². The molecule has 1 saturated heterocycles. The highest BCUT2D eigenvalue weighted by Crippen LogP contribution is 2.15. The zero-order chi connectivity index (χ0) is 16.6. The lowest BCUT2D eigenvalue weighted by molar-refractivity contribution is -0.131. The van der Waals surface area contributed by atoms with Gasteiger partial charge < -0.3 is 15.0 Å². The lowest BCUT2D eigenvalue weighted by atomic mass is 10.1. The summed E-state index contributed by atoms with van der Waals surface area (Å²) in [6.45, 7) is 4.02. The Labute approximate surface area is 143 Å². The van der Waals surface area contributed by atoms with Gasteiger partial charge in [-0.3, -0.25) is 4.79 Å². The fourth-order valence-electron chi connectivity index (χ4n) is 2.82. The SMILES string of the molecule is O=C(CCc1ccc(OCc2ccccc2)cc1)N1CCNCC1. The molecule has 1 heterocycles. The van der Waals surface area contributed by atoms with Crippen LogP contribution in [-0.2, 0) is 17.8 Å². The summed E-state index contributed by atoms with van der Waals surface area (Å²) in [5, 5.41) is 3.27. The van der Waals surface area contributed by atoms with E-state index in [4.69, 9.17) is 4.74 Å². The number of hydrogen-bond acceptors (Lipinski definition) is 3. The van der Waals surface area contributed by atoms with Crippen molar-refractivity contribution in [3.63, 3.8) is 0 Å². The molecule has 1 fully saturated rings. The molecule has 1 amide bonds. The molecule has 3 rings (SSSR count). The Morgan fingerprint density at radius 3 is 2.38 bits per heavy atom. The number of benzene rings is 2. The Balaban J connectivity index is 1.45. The highest BCUT2D eigenvalue weighted by Gasteiger charge is 2.15. The van der Waals surface area contributed by atoms with E-state index in [1.54, 1.807) is 0 Å². The largest absolute Gasteiger partial charge is 0.489 e. The van der Waals surface area contributed by atoms with Crippen molar-refractivity contribution in [1.29, 1.82) is 0 Å². The fraction of sp³-hybridized carbons (Fsp3) is 0.350. The van der Waals surface area contributed by atoms with Gasteiger partial charge >= 0.3 is 0 Å². The van der Waals surface area contributed by atoms with E-state index in [2.05, 4.69) is 17.4 Å². The van der Waals surface area contributed by atoms with Gasteiger partial charge in [-0.1, -0.05) is 42.5 Å². The van der Waals surface area contributed by atoms with Crippen molar-refractivity contribution in [1.82, 2.24) is 10.2 Å². The summed E-state index contributed by atoms with van der Waals surface area (Å²) in [6.07, 6.45) is 1.35. The quantitative estimate of drug-likeness (QED) is 0.888. The van der Waals surface area contributed by atoms with Crippen molar-refractivity contribution >= 4 is 5.91 Å². The van der Waals surface area contributed by atoms with Gasteiger partial charge in [-0.25, -0.2) is 0 Å². The van der Waals surface area contributed by atoms with Crippen LogP contribution in [0.2, 0.25) is 0 Å². The number of hydrogen-bond donors (Lipinski definition) is 1. The van der Waals surface area contributed by atoms with Crippen molar-refractivity contribution in [2.75, 3.05) is 26.2 Å². The predicted molar refractivity (Wildman–Crippen MR) is 95.0 cm³/mol. The fourth-order valence-corrected chi connectivity index (χ4v) is 2.82. The first-order chi connectivity index (χ1) is 11.8. The number of carbonyl (C=O) groups excluding carboxylic acids is 1. The summed E-state index contributed by atoms with van der Waals surface area (Å²) >= 11 is 0. The zero-order valence-corrected chi connectivity index (χ0v) is 13.9. The summed E-state index contributed by atoms with van der Waals surface area (Å²) in [7, 11) is 0. The first-order valence-electron chi connectivity index (χ1n) is 8.55. The molecule has 2 aromatic carbocycles. The third-order valence-electron chi connectivity index (χ3n) is 4.27. The summed E-state index contributed by atoms with van der Waals surface area (Å²) in [6, 6.07) is 18.2. The average Bonchev–Trinajstić information content (AvgIpc) is 2.67. The van der Waals surface area contributed by atoms with E-state index in [0.717, 1.165) is 43.9 Å². The van der Waals surface area contributed by atoms with Crippen molar-refractivity contribution in [2.45, 2.75) is 19.4 Å². The first-order valence-corrected chi connectivity index (χ1v) is 8.55. The van der Waals surface area contributed by atoms with Gasteiger partial charge in [0.05, 0.1) is 0 Å². The molecule has 0 atom stereocenters. The molecule has 1 aliphatic heterocycles. The molecule has 0 aromatic heterocycles. The third-order valence-corrected chi connectivity index (χ3v) is 4.27. The molecule has 24 heavy (non-hydrogen) atoms. The minimum Gasteiger partial charge on any atom is -0.489 e. The van der Waals surface area contributed by atoms with Gasteiger partial charge in [0, 0.05) is 32.6 Å². The van der Waals surface area contributed by atoms with Gasteiger partial charge in [0.1, 0.15) is 12.4 Å². The summed E-state index contributed by atoms with van der Waals surface area (Å²) in [5.74, 6) is 1.11. The van der Waals surface area contributed by atoms with Crippen LogP contribution >= 0.6 is 0 Å². The van der Waals surface area contributed by atoms with Crippen molar-refractivity contribution in [2.24, 2.45) is 0 Å². The lowest BCUT2D eigenvalue weighted by Gasteiger charge is -2.27. The minimum absolute atomic E-state index is 0.251. The number of amides is 1. The van der Waals surface area contributed by atoms with Gasteiger partial charge in [-0.05, 0) is 29.7 Å². The molecule has 0 spiro atoms. The number of carbonyl (C=O) groups is 1. The van der Waals surface area contributed by atoms with Crippen LogP contribution in [0.3, 0.4) is 0 Å². The second kappa shape index (κ2) is 8.50. The maximum atomic E-state index is 12.2. The van der Waals surface area contributed by atoms with Crippen LogP contribution in [0, 0.1) is 0 Å². The number of nitrogens with one attached hydrogen (secondary N) is 1. The Morgan fingerprint density at radius 2 is 1.67 bits per heavy atom. The standard InChI is InChI=1S/C20H24N2O2/c23-20(22-14-12-21-13-15-22)11-8-17-6-9-19(10-7-17)24-16-18-4-2-1-3-5-18/h1-7,9-10,21H,8,11-16H2. The van der Waals surface area contributed by atoms with E-state index in [-0.39, 0.29) is 5.91 Å². The topological polar surface area (TPSA) is 41.6 Å². The van der Waals surface area contributed by atoms with Crippen molar-refractivity contribution in [3.05, 3.63) is 65.7 Å². The number of aryl methyl sites for hydroxylation is 1. The van der Waals surface area contributed by atoms with Crippen LogP contribution in [-0.4, -0.2) is 37.0 Å². The lowest BCUT2D eigenvalue weighted by Crippen LogP contribution is -2.46. The van der Waals surface area contributed by atoms with E-state index in [1.807, 2.05) is 47.4 Å². The molecule has 0 unspecified atom stereocenters. The highest BCUT2D eigenvalue weighted by atomic mass is 16.5. The van der Waals surface area contributed by atoms with Crippen LogP contribution in [0.1, 0.15) is 17.5 Å². The van der Waals surface area contributed by atoms with Crippen LogP contribution in [0.5, 0.6) is 5.75 Å². The second-order valence-electron chi connectivity index (χ2n) is 6.05. The Kier molecular flexibility index (Phi) is 5.85. The summed E-state index contributed by atoms with van der Waals surface area (Å²) in [5.41, 5.74) is 2.33. The molecule has 4 nitrogen and oxygen atoms in total. The number of ether oxygens (including phenoxy) is 1. The molecule has 0 saturated carbocycles. The predicted octanol–water partition coefficient (Wildman–Crippen LogP) is 2.63. The van der Waals surface area contributed by atoms with Gasteiger partial charge in [0.25, 0.3) is 0 Å². The molecule has 4 heteroatoms. The van der Waals surface area contributed by atoms with Crippen LogP contribution < -0.4 is 10.1 Å². The maximum absolute atomic E-state index is 12.2. The average molecular weight is 324 g/mol. The summed E-state index contributed by atoms with van der Waals surface area (Å²) in [4.78, 5) is 14.1. The number of piperazine rings is 1. The maximum Gasteiger partial charge on any atom is 0.222 e. The van der Waals surface area contributed by atoms with Crippen LogP contribution in [0.15, 0.2) is 54.6 Å². The normalized spacial score (nSPS) is 14.4. The first kappa shape index (κ1) is 16.5. The van der Waals surface area contributed by atoms with E-state index in [1.165, 1.54) is 5.56 Å². The number of nitrogens with zero attached hydrogens (tertiary/aromatic N) is 1. The van der Waals surface area contributed by atoms with Crippen LogP contribution in [0.25, 0.3) is 0 Å². The van der Waals surface area contributed by atoms with E-state index < -0.39 is 0 Å². The zero-order valence-electron chi connectivity index (χ0n) is 13.9. The Hall–Kier alpha value is -2.33. The minimum atomic E-state index is 0.251.